The van der Waals surface area contributed by atoms with Crippen LogP contribution in [0.15, 0.2) is 36.5 Å². The van der Waals surface area contributed by atoms with Gasteiger partial charge in [-0.05, 0) is 74.4 Å². The Morgan fingerprint density at radius 3 is 2.35 bits per heavy atom. The monoisotopic (exact) mass is 480 g/mol. The van der Waals surface area contributed by atoms with Crippen LogP contribution in [-0.2, 0) is 17.3 Å². The number of benzene rings is 1. The van der Waals surface area contributed by atoms with Crippen LogP contribution in [0.2, 0.25) is 0 Å². The molecule has 0 bridgehead atoms. The van der Waals surface area contributed by atoms with Crippen LogP contribution in [0, 0.1) is 0 Å². The molecule has 0 aliphatic heterocycles. The maximum absolute atomic E-state index is 13.1. The van der Waals surface area contributed by atoms with E-state index in [1.165, 1.54) is 6.20 Å². The Kier molecular flexibility index (Phi) is 11.1. The van der Waals surface area contributed by atoms with Gasteiger partial charge in [-0.1, -0.05) is 45.9 Å². The van der Waals surface area contributed by atoms with Crippen LogP contribution in [0.25, 0.3) is 11.1 Å². The Bertz CT molecular complexity index is 921. The molecule has 0 saturated carbocycles. The molecule has 1 atom stereocenters. The number of aromatic nitrogens is 1. The standard InChI is InChI=1S/C23H27F3N2O2.2C2H6/c1-22(2,3)30-21(29)28(4)14-16-7-5-10-19-17(8-6-9-18(16)19)15-11-12-27-20(13-15)23(24,25)26;2*1-2/h6,8-9,11-13,16H,5,7,10,14H2,1-4H3;2*1-2H3. The summed E-state index contributed by atoms with van der Waals surface area (Å²) < 4.78 is 44.8. The van der Waals surface area contributed by atoms with Crippen LogP contribution in [0.3, 0.4) is 0 Å². The van der Waals surface area contributed by atoms with Gasteiger partial charge in [0.05, 0.1) is 0 Å². The lowest BCUT2D eigenvalue weighted by Gasteiger charge is -2.32. The summed E-state index contributed by atoms with van der Waals surface area (Å²) in [5.74, 6) is 0.107. The van der Waals surface area contributed by atoms with E-state index in [1.807, 2.05) is 66.7 Å². The summed E-state index contributed by atoms with van der Waals surface area (Å²) in [6, 6.07) is 8.45. The van der Waals surface area contributed by atoms with E-state index < -0.39 is 17.5 Å². The molecule has 0 spiro atoms. The number of carbonyl (C=O) groups is 1. The summed E-state index contributed by atoms with van der Waals surface area (Å²) in [7, 11) is 1.71. The molecule has 190 valence electrons. The molecule has 1 aromatic heterocycles. The molecular formula is C27H39F3N2O2. The van der Waals surface area contributed by atoms with Crippen molar-refractivity contribution in [3.05, 3.63) is 53.3 Å². The van der Waals surface area contributed by atoms with Crippen LogP contribution in [0.5, 0.6) is 0 Å². The second-order valence-electron chi connectivity index (χ2n) is 8.75. The Morgan fingerprint density at radius 2 is 1.76 bits per heavy atom. The molecule has 0 fully saturated rings. The minimum absolute atomic E-state index is 0.107. The van der Waals surface area contributed by atoms with E-state index in [4.69, 9.17) is 4.74 Å². The molecule has 34 heavy (non-hydrogen) atoms. The number of alkyl halides is 3. The zero-order valence-electron chi connectivity index (χ0n) is 21.7. The Balaban J connectivity index is 0.00000137. The van der Waals surface area contributed by atoms with Crippen molar-refractivity contribution in [2.24, 2.45) is 0 Å². The number of amides is 1. The van der Waals surface area contributed by atoms with Crippen molar-refractivity contribution in [2.75, 3.05) is 13.6 Å². The van der Waals surface area contributed by atoms with Crippen molar-refractivity contribution in [1.29, 1.82) is 0 Å². The SMILES string of the molecule is CC.CC.CN(CC1CCCc2c(-c3ccnc(C(F)(F)F)c3)cccc21)C(=O)OC(C)(C)C. The molecule has 7 heteroatoms. The van der Waals surface area contributed by atoms with Gasteiger partial charge in [-0.2, -0.15) is 13.2 Å². The summed E-state index contributed by atoms with van der Waals surface area (Å²) in [6.45, 7) is 14.0. The molecule has 1 aliphatic rings. The van der Waals surface area contributed by atoms with Crippen molar-refractivity contribution >= 4 is 6.09 Å². The van der Waals surface area contributed by atoms with Crippen molar-refractivity contribution < 1.29 is 22.7 Å². The van der Waals surface area contributed by atoms with Crippen LogP contribution >= 0.6 is 0 Å². The molecule has 1 amide bonds. The number of pyridine rings is 1. The average molecular weight is 481 g/mol. The lowest BCUT2D eigenvalue weighted by molar-refractivity contribution is -0.141. The minimum atomic E-state index is -4.48. The van der Waals surface area contributed by atoms with Gasteiger partial charge in [0.25, 0.3) is 0 Å². The van der Waals surface area contributed by atoms with Gasteiger partial charge in [0, 0.05) is 25.7 Å². The van der Waals surface area contributed by atoms with E-state index in [0.29, 0.717) is 12.1 Å². The van der Waals surface area contributed by atoms with E-state index in [9.17, 15) is 18.0 Å². The molecule has 0 radical (unpaired) electrons. The Morgan fingerprint density at radius 1 is 1.12 bits per heavy atom. The topological polar surface area (TPSA) is 42.4 Å². The van der Waals surface area contributed by atoms with Gasteiger partial charge in [0.1, 0.15) is 11.3 Å². The molecular weight excluding hydrogens is 441 g/mol. The van der Waals surface area contributed by atoms with Crippen molar-refractivity contribution in [3.8, 4) is 11.1 Å². The molecule has 1 unspecified atom stereocenters. The quantitative estimate of drug-likeness (QED) is 0.446. The number of hydrogen-bond donors (Lipinski definition) is 0. The predicted octanol–water partition coefficient (Wildman–Crippen LogP) is 8.11. The summed E-state index contributed by atoms with van der Waals surface area (Å²) in [5.41, 5.74) is 1.97. The number of hydrogen-bond acceptors (Lipinski definition) is 3. The molecule has 1 aromatic carbocycles. The Hall–Kier alpha value is -2.57. The maximum Gasteiger partial charge on any atom is 0.433 e. The summed E-state index contributed by atoms with van der Waals surface area (Å²) in [4.78, 5) is 17.4. The molecule has 1 heterocycles. The van der Waals surface area contributed by atoms with E-state index >= 15 is 0 Å². The highest BCUT2D eigenvalue weighted by Gasteiger charge is 2.33. The predicted molar refractivity (Wildman–Crippen MR) is 132 cm³/mol. The summed E-state index contributed by atoms with van der Waals surface area (Å²) in [5, 5.41) is 0. The van der Waals surface area contributed by atoms with E-state index in [2.05, 4.69) is 4.98 Å². The van der Waals surface area contributed by atoms with Gasteiger partial charge in [-0.15, -0.1) is 0 Å². The first-order chi connectivity index (χ1) is 16.0. The third-order valence-corrected chi connectivity index (χ3v) is 5.19. The van der Waals surface area contributed by atoms with Gasteiger partial charge < -0.3 is 9.64 Å². The Labute approximate surface area is 202 Å². The smallest absolute Gasteiger partial charge is 0.433 e. The highest BCUT2D eigenvalue weighted by Crippen LogP contribution is 2.39. The third-order valence-electron chi connectivity index (χ3n) is 5.19. The van der Waals surface area contributed by atoms with Crippen LogP contribution in [0.1, 0.15) is 84.0 Å². The zero-order valence-corrected chi connectivity index (χ0v) is 21.7. The number of likely N-dealkylation sites (N-methyl/N-ethyl adjacent to an activating group) is 1. The minimum Gasteiger partial charge on any atom is -0.444 e. The highest BCUT2D eigenvalue weighted by molar-refractivity contribution is 5.70. The van der Waals surface area contributed by atoms with Gasteiger partial charge in [0.15, 0.2) is 0 Å². The lowest BCUT2D eigenvalue weighted by atomic mass is 9.79. The molecule has 4 nitrogen and oxygen atoms in total. The van der Waals surface area contributed by atoms with Gasteiger partial charge in [-0.3, -0.25) is 4.98 Å². The first-order valence-corrected chi connectivity index (χ1v) is 12.1. The molecule has 2 aromatic rings. The van der Waals surface area contributed by atoms with Gasteiger partial charge >= 0.3 is 12.3 Å². The van der Waals surface area contributed by atoms with E-state index in [1.54, 1.807) is 18.0 Å². The summed E-state index contributed by atoms with van der Waals surface area (Å²) in [6.07, 6.45) is -1.05. The fraction of sp³-hybridized carbons (Fsp3) is 0.556. The molecule has 1 aliphatic carbocycles. The first-order valence-electron chi connectivity index (χ1n) is 12.1. The number of rotatable bonds is 3. The second-order valence-corrected chi connectivity index (χ2v) is 8.75. The summed E-state index contributed by atoms with van der Waals surface area (Å²) >= 11 is 0. The molecule has 0 saturated heterocycles. The number of carbonyl (C=O) groups excluding carboxylic acids is 1. The zero-order chi connectivity index (χ0) is 26.1. The number of fused-ring (bicyclic) bond motifs is 1. The second kappa shape index (κ2) is 12.8. The van der Waals surface area contributed by atoms with Crippen LogP contribution in [0.4, 0.5) is 18.0 Å². The van der Waals surface area contributed by atoms with Gasteiger partial charge in [-0.25, -0.2) is 4.79 Å². The van der Waals surface area contributed by atoms with Crippen molar-refractivity contribution in [1.82, 2.24) is 9.88 Å². The highest BCUT2D eigenvalue weighted by atomic mass is 19.4. The van der Waals surface area contributed by atoms with Crippen LogP contribution in [-0.4, -0.2) is 35.2 Å². The largest absolute Gasteiger partial charge is 0.444 e. The molecule has 3 rings (SSSR count). The fourth-order valence-electron chi connectivity index (χ4n) is 3.91. The third kappa shape index (κ3) is 8.03. The van der Waals surface area contributed by atoms with Crippen LogP contribution < -0.4 is 0 Å². The normalized spacial score (nSPS) is 15.1. The van der Waals surface area contributed by atoms with Crippen molar-refractivity contribution in [3.63, 3.8) is 0 Å². The molecule has 0 N–H and O–H groups in total. The van der Waals surface area contributed by atoms with Gasteiger partial charge in [0.2, 0.25) is 0 Å². The first kappa shape index (κ1) is 29.5. The van der Waals surface area contributed by atoms with E-state index in [-0.39, 0.29) is 12.0 Å². The number of ether oxygens (including phenoxy) is 1. The van der Waals surface area contributed by atoms with Crippen molar-refractivity contribution in [2.45, 2.75) is 85.4 Å². The lowest BCUT2D eigenvalue weighted by Crippen LogP contribution is -2.37. The number of halogens is 3. The maximum atomic E-state index is 13.1. The van der Waals surface area contributed by atoms with E-state index in [0.717, 1.165) is 42.0 Å². The average Bonchev–Trinajstić information content (AvgIpc) is 2.80. The fourth-order valence-corrected chi connectivity index (χ4v) is 3.91. The number of nitrogens with zero attached hydrogens (tertiary/aromatic N) is 2.